The van der Waals surface area contributed by atoms with Gasteiger partial charge in [0.05, 0.1) is 26.6 Å². The molecule has 4 saturated heterocycles. The molecule has 0 aromatic heterocycles. The summed E-state index contributed by atoms with van der Waals surface area (Å²) in [6.45, 7) is 6.56. The van der Waals surface area contributed by atoms with E-state index in [0.717, 1.165) is 25.7 Å². The molecular weight excluding hydrogens is 408 g/mol. The van der Waals surface area contributed by atoms with Gasteiger partial charge in [0, 0.05) is 18.3 Å². The molecule has 0 amide bonds. The number of carbonyl (C=O) groups excluding carboxylic acids is 2. The molecule has 0 N–H and O–H groups in total. The first kappa shape index (κ1) is 22.9. The van der Waals surface area contributed by atoms with Crippen molar-refractivity contribution in [1.82, 2.24) is 0 Å². The topological polar surface area (TPSA) is 98.8 Å². The summed E-state index contributed by atoms with van der Waals surface area (Å²) in [6.07, 6.45) is 2.79. The number of hydrogen-bond donors (Lipinski definition) is 0. The van der Waals surface area contributed by atoms with E-state index in [1.165, 1.54) is 7.11 Å². The Bertz CT molecular complexity index is 684. The van der Waals surface area contributed by atoms with Gasteiger partial charge in [0.15, 0.2) is 18.2 Å². The average Bonchev–Trinajstić information content (AvgIpc) is 2.98. The third kappa shape index (κ3) is 4.23. The number of fused-ring (bicyclic) bond motifs is 2. The van der Waals surface area contributed by atoms with Crippen molar-refractivity contribution >= 4 is 11.9 Å². The van der Waals surface area contributed by atoms with Crippen LogP contribution >= 0.6 is 0 Å². The van der Waals surface area contributed by atoms with E-state index in [-0.39, 0.29) is 37.9 Å². The zero-order valence-corrected chi connectivity index (χ0v) is 18.8. The Morgan fingerprint density at radius 2 is 1.77 bits per heavy atom. The van der Waals surface area contributed by atoms with E-state index in [0.29, 0.717) is 11.8 Å². The molecule has 5 fully saturated rings. The van der Waals surface area contributed by atoms with Crippen LogP contribution in [0.5, 0.6) is 0 Å². The molecule has 1 saturated carbocycles. The van der Waals surface area contributed by atoms with E-state index in [1.807, 2.05) is 6.92 Å². The smallest absolute Gasteiger partial charge is 0.306 e. The van der Waals surface area contributed by atoms with E-state index in [2.05, 4.69) is 18.6 Å². The first-order valence-corrected chi connectivity index (χ1v) is 11.3. The zero-order chi connectivity index (χ0) is 22.2. The van der Waals surface area contributed by atoms with Crippen LogP contribution in [-0.4, -0.2) is 56.2 Å². The standard InChI is InChI=1S/C22H34O9/c1-13-5-6-16-14(2)19(27-12-11-26-18(24)8-7-17(23)25-4)28-20-22(16)15(13)9-10-21(3,29-20)30-31-22/h13-16,19-20H,5-12H2,1-4H3/t13-,14-,15+,16+,19+,20-,21+,22-/m1/s1. The third-order valence-corrected chi connectivity index (χ3v) is 7.49. The highest BCUT2D eigenvalue weighted by atomic mass is 17.3. The monoisotopic (exact) mass is 442 g/mol. The van der Waals surface area contributed by atoms with Gasteiger partial charge in [0.1, 0.15) is 6.61 Å². The van der Waals surface area contributed by atoms with Crippen molar-refractivity contribution in [3.8, 4) is 0 Å². The molecule has 1 spiro atoms. The summed E-state index contributed by atoms with van der Waals surface area (Å²) in [5.41, 5.74) is -0.618. The van der Waals surface area contributed by atoms with Crippen LogP contribution in [-0.2, 0) is 43.0 Å². The minimum Gasteiger partial charge on any atom is -0.469 e. The molecule has 4 heterocycles. The highest BCUT2D eigenvalue weighted by Crippen LogP contribution is 2.60. The number of hydrogen-bond acceptors (Lipinski definition) is 9. The Morgan fingerprint density at radius 1 is 1.00 bits per heavy atom. The number of methoxy groups -OCH3 is 1. The van der Waals surface area contributed by atoms with Crippen LogP contribution in [0.25, 0.3) is 0 Å². The highest BCUT2D eigenvalue weighted by Gasteiger charge is 2.69. The molecule has 8 atom stereocenters. The molecule has 0 unspecified atom stereocenters. The molecule has 176 valence electrons. The molecule has 0 radical (unpaired) electrons. The van der Waals surface area contributed by atoms with Crippen molar-refractivity contribution in [1.29, 1.82) is 0 Å². The summed E-state index contributed by atoms with van der Waals surface area (Å²) in [5, 5.41) is 0. The fourth-order valence-electron chi connectivity index (χ4n) is 5.76. The van der Waals surface area contributed by atoms with Crippen LogP contribution in [0, 0.1) is 23.7 Å². The fourth-order valence-corrected chi connectivity index (χ4v) is 5.76. The molecule has 0 aromatic carbocycles. The predicted octanol–water partition coefficient (Wildman–Crippen LogP) is 2.71. The lowest BCUT2D eigenvalue weighted by atomic mass is 9.58. The molecule has 5 aliphatic rings. The largest absolute Gasteiger partial charge is 0.469 e. The highest BCUT2D eigenvalue weighted by molar-refractivity contribution is 5.77. The molecule has 2 bridgehead atoms. The minimum absolute atomic E-state index is 0.00215. The predicted molar refractivity (Wildman–Crippen MR) is 105 cm³/mol. The third-order valence-electron chi connectivity index (χ3n) is 7.49. The number of rotatable bonds is 7. The Balaban J connectivity index is 1.36. The Hall–Kier alpha value is -1.26. The fraction of sp³-hybridized carbons (Fsp3) is 0.909. The maximum atomic E-state index is 11.7. The van der Waals surface area contributed by atoms with Gasteiger partial charge in [-0.05, 0) is 38.0 Å². The first-order valence-electron chi connectivity index (χ1n) is 11.3. The van der Waals surface area contributed by atoms with Crippen LogP contribution in [0.3, 0.4) is 0 Å². The van der Waals surface area contributed by atoms with E-state index >= 15 is 0 Å². The molecule has 9 nitrogen and oxygen atoms in total. The second-order valence-electron chi connectivity index (χ2n) is 9.44. The molecule has 1 aliphatic carbocycles. The Kier molecular flexibility index (Phi) is 6.61. The lowest BCUT2D eigenvalue weighted by molar-refractivity contribution is -0.577. The molecule has 31 heavy (non-hydrogen) atoms. The molecule has 5 rings (SSSR count). The van der Waals surface area contributed by atoms with E-state index in [9.17, 15) is 9.59 Å². The maximum Gasteiger partial charge on any atom is 0.306 e. The van der Waals surface area contributed by atoms with Crippen LogP contribution < -0.4 is 0 Å². The molecule has 4 aliphatic heterocycles. The normalized spacial score (nSPS) is 43.6. The van der Waals surface area contributed by atoms with E-state index < -0.39 is 35.9 Å². The van der Waals surface area contributed by atoms with Gasteiger partial charge in [-0.1, -0.05) is 13.8 Å². The van der Waals surface area contributed by atoms with Gasteiger partial charge in [0.2, 0.25) is 5.79 Å². The lowest BCUT2D eigenvalue weighted by Crippen LogP contribution is -2.70. The van der Waals surface area contributed by atoms with E-state index in [1.54, 1.807) is 0 Å². The summed E-state index contributed by atoms with van der Waals surface area (Å²) in [4.78, 5) is 34.8. The SMILES string of the molecule is COC(=O)CCC(=O)OCCO[C@H]1O[C@@H]2O[C@]3(C)CC[C@H]4[C@H](C)CC[C@@H]([C@H]1C)[C@@]24OO3. The van der Waals surface area contributed by atoms with Gasteiger partial charge in [0.25, 0.3) is 0 Å². The van der Waals surface area contributed by atoms with Crippen LogP contribution in [0.2, 0.25) is 0 Å². The summed E-state index contributed by atoms with van der Waals surface area (Å²) in [5.74, 6) is -0.665. The van der Waals surface area contributed by atoms with Gasteiger partial charge < -0.3 is 23.7 Å². The van der Waals surface area contributed by atoms with Crippen LogP contribution in [0.4, 0.5) is 0 Å². The van der Waals surface area contributed by atoms with Crippen molar-refractivity contribution < 1.29 is 43.0 Å². The minimum atomic E-state index is -0.822. The molecule has 0 aromatic rings. The summed E-state index contributed by atoms with van der Waals surface area (Å²) in [7, 11) is 1.29. The Morgan fingerprint density at radius 3 is 2.55 bits per heavy atom. The van der Waals surface area contributed by atoms with Crippen LogP contribution in [0.15, 0.2) is 0 Å². The molecular formula is C22H34O9. The maximum absolute atomic E-state index is 11.7. The van der Waals surface area contributed by atoms with Crippen molar-refractivity contribution in [2.75, 3.05) is 20.3 Å². The van der Waals surface area contributed by atoms with Gasteiger partial charge in [-0.15, -0.1) is 0 Å². The van der Waals surface area contributed by atoms with Crippen molar-refractivity contribution in [3.63, 3.8) is 0 Å². The first-order chi connectivity index (χ1) is 14.8. The quantitative estimate of drug-likeness (QED) is 0.335. The molecule has 9 heteroatoms. The van der Waals surface area contributed by atoms with Gasteiger partial charge in [-0.2, -0.15) is 0 Å². The van der Waals surface area contributed by atoms with Crippen molar-refractivity contribution in [2.45, 2.75) is 83.3 Å². The second-order valence-corrected chi connectivity index (χ2v) is 9.44. The number of ether oxygens (including phenoxy) is 5. The summed E-state index contributed by atoms with van der Waals surface area (Å²) < 4.78 is 28.2. The van der Waals surface area contributed by atoms with Gasteiger partial charge in [-0.3, -0.25) is 9.59 Å². The number of carbonyl (C=O) groups is 2. The average molecular weight is 443 g/mol. The van der Waals surface area contributed by atoms with E-state index in [4.69, 9.17) is 28.7 Å². The number of esters is 2. The zero-order valence-electron chi connectivity index (χ0n) is 18.8. The van der Waals surface area contributed by atoms with Crippen molar-refractivity contribution in [2.24, 2.45) is 23.7 Å². The van der Waals surface area contributed by atoms with Gasteiger partial charge >= 0.3 is 11.9 Å². The summed E-state index contributed by atoms with van der Waals surface area (Å²) >= 11 is 0. The van der Waals surface area contributed by atoms with Crippen LogP contribution in [0.1, 0.15) is 59.3 Å². The summed E-state index contributed by atoms with van der Waals surface area (Å²) in [6, 6.07) is 0. The van der Waals surface area contributed by atoms with Gasteiger partial charge in [-0.25, -0.2) is 9.78 Å². The Labute approximate surface area is 182 Å². The second kappa shape index (κ2) is 8.94. The lowest BCUT2D eigenvalue weighted by Gasteiger charge is -2.60. The van der Waals surface area contributed by atoms with Crippen molar-refractivity contribution in [3.05, 3.63) is 0 Å².